The van der Waals surface area contributed by atoms with Crippen molar-refractivity contribution in [3.8, 4) is 0 Å². The van der Waals surface area contributed by atoms with E-state index in [-0.39, 0.29) is 12.4 Å². The zero-order valence-corrected chi connectivity index (χ0v) is 9.53. The van der Waals surface area contributed by atoms with Crippen molar-refractivity contribution in [3.05, 3.63) is 20.8 Å². The molecule has 1 atom stereocenters. The molecule has 17 heavy (non-hydrogen) atoms. The van der Waals surface area contributed by atoms with E-state index in [0.717, 1.165) is 0 Å². The van der Waals surface area contributed by atoms with Crippen molar-refractivity contribution in [2.24, 2.45) is 5.41 Å². The second kappa shape index (κ2) is 4.81. The summed E-state index contributed by atoms with van der Waals surface area (Å²) in [6, 6.07) is 0. The van der Waals surface area contributed by atoms with E-state index in [2.05, 4.69) is 15.5 Å². The molecule has 0 aliphatic carbocycles. The van der Waals surface area contributed by atoms with Crippen molar-refractivity contribution >= 4 is 11.8 Å². The van der Waals surface area contributed by atoms with E-state index in [1.165, 1.54) is 0 Å². The number of hydrogen-bond acceptors (Lipinski definition) is 5. The first-order chi connectivity index (χ1) is 7.89. The van der Waals surface area contributed by atoms with Crippen molar-refractivity contribution in [2.45, 2.75) is 20.3 Å². The van der Waals surface area contributed by atoms with Crippen LogP contribution in [-0.4, -0.2) is 32.8 Å². The van der Waals surface area contributed by atoms with Gasteiger partial charge in [-0.3, -0.25) is 14.6 Å². The average molecular weight is 242 g/mol. The predicted molar refractivity (Wildman–Crippen MR) is 60.0 cm³/mol. The number of aromatic nitrogens is 3. The lowest BCUT2D eigenvalue weighted by atomic mass is 9.88. The Balaban J connectivity index is 2.83. The third-order valence-electron chi connectivity index (χ3n) is 2.65. The minimum Gasteiger partial charge on any atom is -0.481 e. The predicted octanol–water partition coefficient (Wildman–Crippen LogP) is -0.629. The van der Waals surface area contributed by atoms with E-state index in [0.29, 0.717) is 6.42 Å². The highest BCUT2D eigenvalue weighted by Gasteiger charge is 2.31. The summed E-state index contributed by atoms with van der Waals surface area (Å²) in [5, 5.41) is 17.2. The van der Waals surface area contributed by atoms with Gasteiger partial charge in [0.1, 0.15) is 0 Å². The summed E-state index contributed by atoms with van der Waals surface area (Å²) in [6.45, 7) is 3.34. The number of carbonyl (C=O) groups is 1. The molecule has 0 bridgehead atoms. The Labute approximate surface area is 96.1 Å². The first-order valence-electron chi connectivity index (χ1n) is 5.05. The summed E-state index contributed by atoms with van der Waals surface area (Å²) in [6.07, 6.45) is 0.399. The summed E-state index contributed by atoms with van der Waals surface area (Å²) in [5.74, 6) is -1.07. The number of nitrogens with zero attached hydrogens (tertiary/aromatic N) is 1. The van der Waals surface area contributed by atoms with Crippen molar-refractivity contribution in [1.29, 1.82) is 0 Å². The number of aromatic amines is 2. The van der Waals surface area contributed by atoms with E-state index >= 15 is 0 Å². The van der Waals surface area contributed by atoms with Gasteiger partial charge in [0.25, 0.3) is 5.56 Å². The van der Waals surface area contributed by atoms with Gasteiger partial charge in [0.2, 0.25) is 5.82 Å². The number of H-pyrrole nitrogens is 2. The van der Waals surface area contributed by atoms with Gasteiger partial charge in [-0.15, -0.1) is 5.10 Å². The lowest BCUT2D eigenvalue weighted by Gasteiger charge is -2.22. The number of carboxylic acids is 1. The van der Waals surface area contributed by atoms with Gasteiger partial charge >= 0.3 is 11.7 Å². The van der Waals surface area contributed by atoms with E-state index in [4.69, 9.17) is 5.11 Å². The Morgan fingerprint density at radius 3 is 2.65 bits per heavy atom. The Kier molecular flexibility index (Phi) is 3.66. The fourth-order valence-electron chi connectivity index (χ4n) is 1.10. The number of carboxylic acid groups (broad SMARTS) is 1. The van der Waals surface area contributed by atoms with Crippen LogP contribution in [0.25, 0.3) is 0 Å². The molecule has 94 valence electrons. The first-order valence-corrected chi connectivity index (χ1v) is 5.05. The molecule has 0 saturated carbocycles. The van der Waals surface area contributed by atoms with Crippen LogP contribution in [0.5, 0.6) is 0 Å². The number of nitrogens with one attached hydrogen (secondary N) is 3. The summed E-state index contributed by atoms with van der Waals surface area (Å²) in [7, 11) is 0. The fourth-order valence-corrected chi connectivity index (χ4v) is 1.10. The van der Waals surface area contributed by atoms with Gasteiger partial charge in [0.05, 0.1) is 5.41 Å². The normalized spacial score (nSPS) is 14.0. The molecule has 1 aromatic heterocycles. The van der Waals surface area contributed by atoms with E-state index in [1.54, 1.807) is 13.8 Å². The van der Waals surface area contributed by atoms with Gasteiger partial charge in [0.15, 0.2) is 0 Å². The maximum absolute atomic E-state index is 11.3. The Hall–Kier alpha value is -2.12. The van der Waals surface area contributed by atoms with Crippen LogP contribution in [-0.2, 0) is 4.79 Å². The van der Waals surface area contributed by atoms with Gasteiger partial charge < -0.3 is 10.4 Å². The van der Waals surface area contributed by atoms with Gasteiger partial charge in [0, 0.05) is 6.54 Å². The maximum atomic E-state index is 11.3. The lowest BCUT2D eigenvalue weighted by molar-refractivity contribution is -0.147. The van der Waals surface area contributed by atoms with Crippen LogP contribution >= 0.6 is 0 Å². The van der Waals surface area contributed by atoms with Gasteiger partial charge in [-0.1, -0.05) is 6.92 Å². The monoisotopic (exact) mass is 242 g/mol. The Morgan fingerprint density at radius 2 is 2.18 bits per heavy atom. The van der Waals surface area contributed by atoms with Crippen LogP contribution < -0.4 is 16.6 Å². The molecule has 1 heterocycles. The molecule has 0 aliphatic heterocycles. The molecule has 0 fully saturated rings. The molecular formula is C9H14N4O4. The molecule has 0 saturated heterocycles. The van der Waals surface area contributed by atoms with Crippen molar-refractivity contribution in [2.75, 3.05) is 11.9 Å². The second-order valence-corrected chi connectivity index (χ2v) is 3.93. The maximum Gasteiger partial charge on any atom is 0.342 e. The minimum absolute atomic E-state index is 0.0426. The van der Waals surface area contributed by atoms with Gasteiger partial charge in [-0.25, -0.2) is 9.89 Å². The molecule has 4 N–H and O–H groups in total. The third kappa shape index (κ3) is 2.92. The Bertz CT molecular complexity index is 520. The van der Waals surface area contributed by atoms with Gasteiger partial charge in [-0.05, 0) is 13.3 Å². The summed E-state index contributed by atoms with van der Waals surface area (Å²) >= 11 is 0. The molecule has 0 aliphatic rings. The van der Waals surface area contributed by atoms with Crippen molar-refractivity contribution < 1.29 is 9.90 Å². The Morgan fingerprint density at radius 1 is 1.53 bits per heavy atom. The molecule has 0 spiro atoms. The van der Waals surface area contributed by atoms with Crippen LogP contribution in [0.3, 0.4) is 0 Å². The van der Waals surface area contributed by atoms with Crippen molar-refractivity contribution in [1.82, 2.24) is 15.2 Å². The number of aliphatic carboxylic acids is 1. The highest BCUT2D eigenvalue weighted by atomic mass is 16.4. The highest BCUT2D eigenvalue weighted by molar-refractivity contribution is 5.74. The van der Waals surface area contributed by atoms with E-state index < -0.39 is 22.6 Å². The van der Waals surface area contributed by atoms with E-state index in [9.17, 15) is 14.4 Å². The standard InChI is InChI=1S/C9H14N4O4/c1-3-9(2,7(15)16)4-10-5-6(14)11-8(17)13-12-5/h3-4H2,1-2H3,(H,10,12)(H,15,16)(H2,11,13,14,17). The topological polar surface area (TPSA) is 128 Å². The lowest BCUT2D eigenvalue weighted by Crippen LogP contribution is -2.36. The summed E-state index contributed by atoms with van der Waals surface area (Å²) in [4.78, 5) is 35.0. The number of hydrogen-bond donors (Lipinski definition) is 4. The molecule has 0 amide bonds. The van der Waals surface area contributed by atoms with E-state index in [1.807, 2.05) is 4.98 Å². The quantitative estimate of drug-likeness (QED) is 0.544. The number of anilines is 1. The molecule has 8 heteroatoms. The molecular weight excluding hydrogens is 228 g/mol. The molecule has 0 aromatic carbocycles. The van der Waals surface area contributed by atoms with Crippen LogP contribution in [0.1, 0.15) is 20.3 Å². The first kappa shape index (κ1) is 12.9. The van der Waals surface area contributed by atoms with Crippen LogP contribution in [0.4, 0.5) is 5.82 Å². The SMILES string of the molecule is CCC(C)(CNc1n[nH]c(=O)[nH]c1=O)C(=O)O. The van der Waals surface area contributed by atoms with Crippen LogP contribution in [0.15, 0.2) is 9.59 Å². The zero-order valence-electron chi connectivity index (χ0n) is 9.53. The second-order valence-electron chi connectivity index (χ2n) is 3.93. The van der Waals surface area contributed by atoms with Gasteiger partial charge in [-0.2, -0.15) is 0 Å². The average Bonchev–Trinajstić information content (AvgIpc) is 2.27. The van der Waals surface area contributed by atoms with Crippen LogP contribution in [0, 0.1) is 5.41 Å². The molecule has 1 aromatic rings. The summed E-state index contributed by atoms with van der Waals surface area (Å²) < 4.78 is 0. The van der Waals surface area contributed by atoms with Crippen molar-refractivity contribution in [3.63, 3.8) is 0 Å². The molecule has 0 radical (unpaired) electrons. The molecule has 8 nitrogen and oxygen atoms in total. The minimum atomic E-state index is -0.996. The fraction of sp³-hybridized carbons (Fsp3) is 0.556. The summed E-state index contributed by atoms with van der Waals surface area (Å²) in [5.41, 5.74) is -2.39. The zero-order chi connectivity index (χ0) is 13.1. The highest BCUT2D eigenvalue weighted by Crippen LogP contribution is 2.20. The smallest absolute Gasteiger partial charge is 0.342 e. The number of rotatable bonds is 5. The molecule has 1 rings (SSSR count). The molecule has 1 unspecified atom stereocenters. The third-order valence-corrected chi connectivity index (χ3v) is 2.65. The van der Waals surface area contributed by atoms with Crippen LogP contribution in [0.2, 0.25) is 0 Å². The largest absolute Gasteiger partial charge is 0.481 e.